The molecule has 98 valence electrons. The van der Waals surface area contributed by atoms with Gasteiger partial charge in [-0.25, -0.2) is 0 Å². The Morgan fingerprint density at radius 3 is 3.00 bits per heavy atom. The molecule has 2 rings (SSSR count). The number of benzene rings is 1. The Kier molecular flexibility index (Phi) is 3.93. The second-order valence-electron chi connectivity index (χ2n) is 4.32. The summed E-state index contributed by atoms with van der Waals surface area (Å²) in [5.41, 5.74) is 7.09. The highest BCUT2D eigenvalue weighted by atomic mass is 35.5. The molecular weight excluding hydrogens is 254 g/mol. The molecule has 1 aliphatic rings. The van der Waals surface area contributed by atoms with Gasteiger partial charge in [0.1, 0.15) is 0 Å². The predicted octanol–water partition coefficient (Wildman–Crippen LogP) is 1.40. The summed E-state index contributed by atoms with van der Waals surface area (Å²) in [5.74, 6) is 0.0465. The van der Waals surface area contributed by atoms with Crippen molar-refractivity contribution in [3.63, 3.8) is 0 Å². The van der Waals surface area contributed by atoms with Crippen molar-refractivity contribution in [2.75, 3.05) is 18.1 Å². The highest BCUT2D eigenvalue weighted by Gasteiger charge is 2.26. The van der Waals surface area contributed by atoms with Crippen LogP contribution >= 0.6 is 11.6 Å². The SMILES string of the molecule is NC(=NO)c1ccc(Cl)cc1N1CCCC1CO. The van der Waals surface area contributed by atoms with Crippen molar-refractivity contribution in [2.24, 2.45) is 10.9 Å². The number of rotatable bonds is 3. The van der Waals surface area contributed by atoms with Gasteiger partial charge in [0.15, 0.2) is 5.84 Å². The summed E-state index contributed by atoms with van der Waals surface area (Å²) in [6, 6.07) is 5.26. The van der Waals surface area contributed by atoms with E-state index < -0.39 is 0 Å². The molecule has 1 atom stereocenters. The summed E-state index contributed by atoms with van der Waals surface area (Å²) in [6.07, 6.45) is 1.94. The average molecular weight is 270 g/mol. The number of nitrogens with zero attached hydrogens (tertiary/aromatic N) is 2. The zero-order valence-corrected chi connectivity index (χ0v) is 10.6. The lowest BCUT2D eigenvalue weighted by Gasteiger charge is -2.27. The van der Waals surface area contributed by atoms with E-state index in [9.17, 15) is 5.11 Å². The molecule has 1 aromatic carbocycles. The van der Waals surface area contributed by atoms with Crippen LogP contribution in [0.15, 0.2) is 23.4 Å². The number of oxime groups is 1. The minimum atomic E-state index is 0.0465. The maximum Gasteiger partial charge on any atom is 0.172 e. The highest BCUT2D eigenvalue weighted by molar-refractivity contribution is 6.31. The fourth-order valence-electron chi connectivity index (χ4n) is 2.36. The second-order valence-corrected chi connectivity index (χ2v) is 4.76. The first-order valence-corrected chi connectivity index (χ1v) is 6.20. The largest absolute Gasteiger partial charge is 0.409 e. The minimum absolute atomic E-state index is 0.0465. The first kappa shape index (κ1) is 13.0. The lowest BCUT2D eigenvalue weighted by atomic mass is 10.1. The fourth-order valence-corrected chi connectivity index (χ4v) is 2.52. The van der Waals surface area contributed by atoms with Crippen LogP contribution in [0.4, 0.5) is 5.69 Å². The summed E-state index contributed by atoms with van der Waals surface area (Å²) in [7, 11) is 0. The molecule has 18 heavy (non-hydrogen) atoms. The van der Waals surface area contributed by atoms with Crippen molar-refractivity contribution in [3.05, 3.63) is 28.8 Å². The molecular formula is C12H16ClN3O2. The molecule has 5 nitrogen and oxygen atoms in total. The van der Waals surface area contributed by atoms with E-state index in [0.29, 0.717) is 10.6 Å². The Balaban J connectivity index is 2.44. The number of hydrogen-bond donors (Lipinski definition) is 3. The van der Waals surface area contributed by atoms with Gasteiger partial charge in [-0.05, 0) is 31.0 Å². The van der Waals surface area contributed by atoms with E-state index >= 15 is 0 Å². The Morgan fingerprint density at radius 1 is 1.56 bits per heavy atom. The number of anilines is 1. The van der Waals surface area contributed by atoms with Crippen LogP contribution in [-0.4, -0.2) is 35.3 Å². The zero-order valence-electron chi connectivity index (χ0n) is 9.88. The van der Waals surface area contributed by atoms with Crippen LogP contribution in [0.3, 0.4) is 0 Å². The van der Waals surface area contributed by atoms with E-state index in [-0.39, 0.29) is 18.5 Å². The first-order valence-electron chi connectivity index (χ1n) is 5.82. The molecule has 1 heterocycles. The van der Waals surface area contributed by atoms with Crippen molar-refractivity contribution >= 4 is 23.1 Å². The van der Waals surface area contributed by atoms with Crippen molar-refractivity contribution in [3.8, 4) is 0 Å². The Bertz CT molecular complexity index is 465. The number of hydrogen-bond acceptors (Lipinski definition) is 4. The number of nitrogens with two attached hydrogens (primary N) is 1. The summed E-state index contributed by atoms with van der Waals surface area (Å²) in [5, 5.41) is 21.8. The molecule has 1 fully saturated rings. The number of halogens is 1. The Labute approximate surface area is 110 Å². The standard InChI is InChI=1S/C12H16ClN3O2/c13-8-3-4-10(12(14)15-18)11(6-8)16-5-1-2-9(16)7-17/h3-4,6,9,17-18H,1-2,5,7H2,(H2,14,15). The molecule has 0 bridgehead atoms. The molecule has 1 aliphatic heterocycles. The smallest absolute Gasteiger partial charge is 0.172 e. The Morgan fingerprint density at radius 2 is 2.33 bits per heavy atom. The third kappa shape index (κ3) is 2.37. The second kappa shape index (κ2) is 5.46. The summed E-state index contributed by atoms with van der Waals surface area (Å²) < 4.78 is 0. The fraction of sp³-hybridized carbons (Fsp3) is 0.417. The molecule has 0 saturated carbocycles. The predicted molar refractivity (Wildman–Crippen MR) is 71.4 cm³/mol. The van der Waals surface area contributed by atoms with Crippen LogP contribution in [0.1, 0.15) is 18.4 Å². The summed E-state index contributed by atoms with van der Waals surface area (Å²) >= 11 is 6.00. The quantitative estimate of drug-likeness (QED) is 0.335. The van der Waals surface area contributed by atoms with Crippen molar-refractivity contribution in [1.29, 1.82) is 0 Å². The number of amidine groups is 1. The van der Waals surface area contributed by atoms with Crippen LogP contribution in [0.25, 0.3) is 0 Å². The maximum absolute atomic E-state index is 9.37. The first-order chi connectivity index (χ1) is 8.67. The Hall–Kier alpha value is -1.46. The van der Waals surface area contributed by atoms with E-state index in [4.69, 9.17) is 22.5 Å². The molecule has 1 saturated heterocycles. The molecule has 0 aliphatic carbocycles. The van der Waals surface area contributed by atoms with Gasteiger partial charge in [0.05, 0.1) is 12.6 Å². The van der Waals surface area contributed by atoms with Crippen LogP contribution in [0, 0.1) is 0 Å². The number of aliphatic hydroxyl groups excluding tert-OH is 1. The van der Waals surface area contributed by atoms with E-state index in [1.165, 1.54) is 0 Å². The highest BCUT2D eigenvalue weighted by Crippen LogP contribution is 2.31. The summed E-state index contributed by atoms with van der Waals surface area (Å²) in [4.78, 5) is 2.05. The van der Waals surface area contributed by atoms with Crippen LogP contribution in [0.5, 0.6) is 0 Å². The van der Waals surface area contributed by atoms with E-state index in [1.807, 2.05) is 0 Å². The van der Waals surface area contributed by atoms with Gasteiger partial charge in [0.25, 0.3) is 0 Å². The molecule has 0 spiro atoms. The topological polar surface area (TPSA) is 82.1 Å². The van der Waals surface area contributed by atoms with Gasteiger partial charge < -0.3 is 20.9 Å². The van der Waals surface area contributed by atoms with Gasteiger partial charge in [0, 0.05) is 22.8 Å². The minimum Gasteiger partial charge on any atom is -0.409 e. The third-order valence-electron chi connectivity index (χ3n) is 3.24. The van der Waals surface area contributed by atoms with E-state index in [1.54, 1.807) is 18.2 Å². The summed E-state index contributed by atoms with van der Waals surface area (Å²) in [6.45, 7) is 0.916. The molecule has 6 heteroatoms. The van der Waals surface area contributed by atoms with Crippen LogP contribution in [-0.2, 0) is 0 Å². The van der Waals surface area contributed by atoms with Gasteiger partial charge in [-0.1, -0.05) is 16.8 Å². The van der Waals surface area contributed by atoms with Crippen LogP contribution < -0.4 is 10.6 Å². The van der Waals surface area contributed by atoms with Crippen LogP contribution in [0.2, 0.25) is 5.02 Å². The van der Waals surface area contributed by atoms with Gasteiger partial charge >= 0.3 is 0 Å². The number of aliphatic hydroxyl groups is 1. The van der Waals surface area contributed by atoms with Gasteiger partial charge in [-0.3, -0.25) is 0 Å². The maximum atomic E-state index is 9.37. The monoisotopic (exact) mass is 269 g/mol. The van der Waals surface area contributed by atoms with E-state index in [0.717, 1.165) is 25.1 Å². The average Bonchev–Trinajstić information content (AvgIpc) is 2.85. The van der Waals surface area contributed by atoms with Gasteiger partial charge in [0.2, 0.25) is 0 Å². The van der Waals surface area contributed by atoms with E-state index in [2.05, 4.69) is 10.1 Å². The molecule has 1 aromatic rings. The van der Waals surface area contributed by atoms with Crippen molar-refractivity contribution < 1.29 is 10.3 Å². The molecule has 4 N–H and O–H groups in total. The van der Waals surface area contributed by atoms with Crippen molar-refractivity contribution in [2.45, 2.75) is 18.9 Å². The lowest BCUT2D eigenvalue weighted by molar-refractivity contribution is 0.266. The lowest BCUT2D eigenvalue weighted by Crippen LogP contribution is -2.34. The molecule has 1 unspecified atom stereocenters. The van der Waals surface area contributed by atoms with Gasteiger partial charge in [-0.2, -0.15) is 0 Å². The molecule has 0 aromatic heterocycles. The molecule has 0 radical (unpaired) electrons. The zero-order chi connectivity index (χ0) is 13.1. The normalized spacial score (nSPS) is 20.4. The molecule has 0 amide bonds. The van der Waals surface area contributed by atoms with Crippen molar-refractivity contribution in [1.82, 2.24) is 0 Å². The third-order valence-corrected chi connectivity index (χ3v) is 3.48. The van der Waals surface area contributed by atoms with Gasteiger partial charge in [-0.15, -0.1) is 0 Å².